The number of benzene rings is 1. The van der Waals surface area contributed by atoms with Crippen molar-refractivity contribution in [2.75, 3.05) is 19.7 Å². The van der Waals surface area contributed by atoms with Gasteiger partial charge in [-0.15, -0.1) is 11.3 Å². The summed E-state index contributed by atoms with van der Waals surface area (Å²) in [5, 5.41) is 20.2. The highest BCUT2D eigenvalue weighted by molar-refractivity contribution is 7.09. The number of amides is 1. The van der Waals surface area contributed by atoms with Crippen LogP contribution < -0.4 is 4.74 Å². The third-order valence-corrected chi connectivity index (χ3v) is 4.61. The first-order chi connectivity index (χ1) is 14.0. The molecule has 0 aliphatic carbocycles. The maximum absolute atomic E-state index is 12.3. The van der Waals surface area contributed by atoms with Crippen molar-refractivity contribution in [2.24, 2.45) is 0 Å². The van der Waals surface area contributed by atoms with Gasteiger partial charge >= 0.3 is 5.97 Å². The molecule has 0 aliphatic heterocycles. The smallest absolute Gasteiger partial charge is 0.338 e. The molecule has 1 aromatic heterocycles. The second-order valence-electron chi connectivity index (χ2n) is 5.95. The van der Waals surface area contributed by atoms with Crippen LogP contribution in [-0.4, -0.2) is 41.5 Å². The molecule has 0 bridgehead atoms. The number of hydrogen-bond acceptors (Lipinski definition) is 8. The summed E-state index contributed by atoms with van der Waals surface area (Å²) in [6.07, 6.45) is 0.284. The minimum absolute atomic E-state index is 0.142. The Morgan fingerprint density at radius 3 is 2.55 bits per heavy atom. The average molecular weight is 412 g/mol. The number of thiazole rings is 1. The Kier molecular flexibility index (Phi) is 8.61. The van der Waals surface area contributed by atoms with Gasteiger partial charge in [-0.3, -0.25) is 4.79 Å². The number of esters is 1. The largest absolute Gasteiger partial charge is 0.487 e. The Morgan fingerprint density at radius 1 is 1.21 bits per heavy atom. The number of nitriles is 2. The third-order valence-electron chi connectivity index (χ3n) is 3.79. The summed E-state index contributed by atoms with van der Waals surface area (Å²) in [7, 11) is 0. The van der Waals surface area contributed by atoms with Gasteiger partial charge in [-0.2, -0.15) is 10.5 Å². The van der Waals surface area contributed by atoms with E-state index >= 15 is 0 Å². The normalized spacial score (nSPS) is 9.90. The van der Waals surface area contributed by atoms with Crippen molar-refractivity contribution >= 4 is 23.2 Å². The molecule has 0 saturated carbocycles. The second-order valence-corrected chi connectivity index (χ2v) is 7.01. The van der Waals surface area contributed by atoms with E-state index in [0.29, 0.717) is 5.75 Å². The van der Waals surface area contributed by atoms with Crippen LogP contribution in [0.4, 0.5) is 0 Å². The zero-order chi connectivity index (χ0) is 21.1. The number of hydrogen-bond donors (Lipinski definition) is 0. The highest BCUT2D eigenvalue weighted by Gasteiger charge is 2.16. The molecule has 0 saturated heterocycles. The quantitative estimate of drug-likeness (QED) is 0.551. The van der Waals surface area contributed by atoms with Crippen LogP contribution >= 0.6 is 11.3 Å². The van der Waals surface area contributed by atoms with Crippen LogP contribution in [0, 0.1) is 29.6 Å². The lowest BCUT2D eigenvalue weighted by atomic mass is 10.2. The summed E-state index contributed by atoms with van der Waals surface area (Å²) < 4.78 is 10.7. The fourth-order valence-electron chi connectivity index (χ4n) is 2.38. The Labute approximate surface area is 172 Å². The highest BCUT2D eigenvalue weighted by atomic mass is 32.1. The molecule has 0 atom stereocenters. The number of carbonyl (C=O) groups excluding carboxylic acids is 2. The topological polar surface area (TPSA) is 116 Å². The van der Waals surface area contributed by atoms with Gasteiger partial charge in [-0.25, -0.2) is 9.78 Å². The SMILES string of the molecule is Cc1nc(COc2cccc(C(=O)OCC(=O)N(CCC#N)CCC#N)c2)cs1. The summed E-state index contributed by atoms with van der Waals surface area (Å²) in [5.41, 5.74) is 1.06. The molecule has 0 aliphatic rings. The van der Waals surface area contributed by atoms with E-state index in [4.69, 9.17) is 20.0 Å². The number of nitrogens with zero attached hydrogens (tertiary/aromatic N) is 4. The van der Waals surface area contributed by atoms with E-state index in [1.807, 2.05) is 24.4 Å². The van der Waals surface area contributed by atoms with E-state index in [1.54, 1.807) is 18.2 Å². The first kappa shape index (κ1) is 21.9. The minimum Gasteiger partial charge on any atom is -0.487 e. The lowest BCUT2D eigenvalue weighted by Crippen LogP contribution is -2.36. The molecule has 0 fully saturated rings. The van der Waals surface area contributed by atoms with Crippen molar-refractivity contribution < 1.29 is 19.1 Å². The predicted octanol–water partition coefficient (Wildman–Crippen LogP) is 2.84. The summed E-state index contributed by atoms with van der Waals surface area (Å²) in [5.74, 6) is -0.620. The van der Waals surface area contributed by atoms with E-state index in [9.17, 15) is 9.59 Å². The molecule has 0 spiro atoms. The molecule has 2 rings (SSSR count). The van der Waals surface area contributed by atoms with Crippen molar-refractivity contribution in [3.05, 3.63) is 45.9 Å². The van der Waals surface area contributed by atoms with Crippen LogP contribution in [0.15, 0.2) is 29.6 Å². The average Bonchev–Trinajstić information content (AvgIpc) is 3.15. The summed E-state index contributed by atoms with van der Waals surface area (Å²) >= 11 is 1.53. The summed E-state index contributed by atoms with van der Waals surface area (Å²) in [6.45, 7) is 2.11. The van der Waals surface area contributed by atoms with Gasteiger partial charge in [0.1, 0.15) is 12.4 Å². The van der Waals surface area contributed by atoms with Crippen molar-refractivity contribution in [1.82, 2.24) is 9.88 Å². The zero-order valence-electron chi connectivity index (χ0n) is 16.0. The van der Waals surface area contributed by atoms with Gasteiger partial charge in [-0.05, 0) is 25.1 Å². The van der Waals surface area contributed by atoms with E-state index < -0.39 is 18.5 Å². The van der Waals surface area contributed by atoms with Crippen LogP contribution in [-0.2, 0) is 16.1 Å². The van der Waals surface area contributed by atoms with E-state index in [0.717, 1.165) is 10.7 Å². The molecule has 29 heavy (non-hydrogen) atoms. The third kappa shape index (κ3) is 7.24. The number of ether oxygens (including phenoxy) is 2. The monoisotopic (exact) mass is 412 g/mol. The molecule has 9 heteroatoms. The lowest BCUT2D eigenvalue weighted by molar-refractivity contribution is -0.134. The Balaban J connectivity index is 1.90. The van der Waals surface area contributed by atoms with Crippen LogP contribution in [0.5, 0.6) is 5.75 Å². The van der Waals surface area contributed by atoms with E-state index in [-0.39, 0.29) is 38.1 Å². The van der Waals surface area contributed by atoms with Gasteiger partial charge in [-0.1, -0.05) is 6.07 Å². The standard InChI is InChI=1S/C20H20N4O4S/c1-15-23-17(14-29-15)12-27-18-6-2-5-16(11-18)20(26)28-13-19(25)24(9-3-7-21)10-4-8-22/h2,5-6,11,14H,3-4,9-10,12-13H2,1H3. The number of rotatable bonds is 10. The predicted molar refractivity (Wildman–Crippen MR) is 105 cm³/mol. The van der Waals surface area contributed by atoms with Crippen LogP contribution in [0.25, 0.3) is 0 Å². The Bertz CT molecular complexity index is 911. The van der Waals surface area contributed by atoms with Gasteiger partial charge in [0.15, 0.2) is 6.61 Å². The van der Waals surface area contributed by atoms with E-state index in [1.165, 1.54) is 22.3 Å². The summed E-state index contributed by atoms with van der Waals surface area (Å²) in [4.78, 5) is 30.1. The maximum atomic E-state index is 12.3. The molecule has 2 aromatic rings. The molecule has 0 unspecified atom stereocenters. The van der Waals surface area contributed by atoms with Gasteiger partial charge in [0, 0.05) is 18.5 Å². The fourth-order valence-corrected chi connectivity index (χ4v) is 2.97. The van der Waals surface area contributed by atoms with Gasteiger partial charge in [0.2, 0.25) is 0 Å². The zero-order valence-corrected chi connectivity index (χ0v) is 16.8. The number of aryl methyl sites for hydroxylation is 1. The van der Waals surface area contributed by atoms with Crippen LogP contribution in [0.3, 0.4) is 0 Å². The molecule has 8 nitrogen and oxygen atoms in total. The minimum atomic E-state index is -0.659. The van der Waals surface area contributed by atoms with Crippen molar-refractivity contribution in [2.45, 2.75) is 26.4 Å². The van der Waals surface area contributed by atoms with Gasteiger partial charge in [0.05, 0.1) is 41.2 Å². The molecule has 1 amide bonds. The highest BCUT2D eigenvalue weighted by Crippen LogP contribution is 2.17. The van der Waals surface area contributed by atoms with Crippen LogP contribution in [0.1, 0.15) is 33.9 Å². The number of carbonyl (C=O) groups is 2. The lowest BCUT2D eigenvalue weighted by Gasteiger charge is -2.20. The molecule has 1 aromatic carbocycles. The number of aromatic nitrogens is 1. The Hall–Kier alpha value is -3.43. The van der Waals surface area contributed by atoms with Crippen LogP contribution in [0.2, 0.25) is 0 Å². The van der Waals surface area contributed by atoms with Crippen molar-refractivity contribution in [1.29, 1.82) is 10.5 Å². The molecular weight excluding hydrogens is 392 g/mol. The second kappa shape index (κ2) is 11.4. The summed E-state index contributed by atoms with van der Waals surface area (Å²) in [6, 6.07) is 10.4. The van der Waals surface area contributed by atoms with Gasteiger partial charge in [0.25, 0.3) is 5.91 Å². The van der Waals surface area contributed by atoms with Gasteiger partial charge < -0.3 is 14.4 Å². The first-order valence-electron chi connectivity index (χ1n) is 8.86. The molecular formula is C20H20N4O4S. The fraction of sp³-hybridized carbons (Fsp3) is 0.350. The van der Waals surface area contributed by atoms with Crippen molar-refractivity contribution in [3.63, 3.8) is 0 Å². The van der Waals surface area contributed by atoms with Crippen molar-refractivity contribution in [3.8, 4) is 17.9 Å². The molecule has 0 radical (unpaired) electrons. The molecule has 0 N–H and O–H groups in total. The van der Waals surface area contributed by atoms with E-state index in [2.05, 4.69) is 4.98 Å². The Morgan fingerprint density at radius 2 is 1.93 bits per heavy atom. The molecule has 150 valence electrons. The first-order valence-corrected chi connectivity index (χ1v) is 9.74. The maximum Gasteiger partial charge on any atom is 0.338 e. The molecule has 1 heterocycles.